The SMILES string of the molecule is O=C(Oc1ccccc1)N1C=CC[C@@H](c2ccccc2F)C1. The molecular weight excluding hydrogens is 281 g/mol. The van der Waals surface area contributed by atoms with Crippen LogP contribution in [0.1, 0.15) is 17.9 Å². The molecule has 1 atom stereocenters. The highest BCUT2D eigenvalue weighted by Crippen LogP contribution is 2.27. The summed E-state index contributed by atoms with van der Waals surface area (Å²) in [6.07, 6.45) is 3.81. The molecular formula is C18H16FNO2. The first-order chi connectivity index (χ1) is 10.7. The quantitative estimate of drug-likeness (QED) is 0.826. The zero-order valence-corrected chi connectivity index (χ0v) is 12.0. The van der Waals surface area contributed by atoms with Crippen LogP contribution in [0.3, 0.4) is 0 Å². The fourth-order valence-corrected chi connectivity index (χ4v) is 2.54. The Labute approximate surface area is 128 Å². The van der Waals surface area contributed by atoms with Crippen molar-refractivity contribution in [2.24, 2.45) is 0 Å². The lowest BCUT2D eigenvalue weighted by Gasteiger charge is -2.27. The van der Waals surface area contributed by atoms with Crippen molar-refractivity contribution in [3.63, 3.8) is 0 Å². The summed E-state index contributed by atoms with van der Waals surface area (Å²) in [6.45, 7) is 0.406. The van der Waals surface area contributed by atoms with Crippen LogP contribution in [0.25, 0.3) is 0 Å². The maximum Gasteiger partial charge on any atom is 0.419 e. The van der Waals surface area contributed by atoms with Gasteiger partial charge in [-0.25, -0.2) is 9.18 Å². The van der Waals surface area contributed by atoms with E-state index in [4.69, 9.17) is 4.74 Å². The molecule has 0 bridgehead atoms. The highest BCUT2D eigenvalue weighted by Gasteiger charge is 2.24. The zero-order chi connectivity index (χ0) is 15.4. The first-order valence-electron chi connectivity index (χ1n) is 7.18. The minimum Gasteiger partial charge on any atom is -0.410 e. The van der Waals surface area contributed by atoms with Crippen LogP contribution in [0, 0.1) is 5.82 Å². The molecule has 1 aliphatic rings. The van der Waals surface area contributed by atoms with Gasteiger partial charge < -0.3 is 4.74 Å². The molecule has 0 saturated carbocycles. The second kappa shape index (κ2) is 6.43. The van der Waals surface area contributed by atoms with Crippen LogP contribution in [0.4, 0.5) is 9.18 Å². The van der Waals surface area contributed by atoms with Gasteiger partial charge in [0.05, 0.1) is 0 Å². The highest BCUT2D eigenvalue weighted by molar-refractivity contribution is 5.72. The molecule has 0 spiro atoms. The van der Waals surface area contributed by atoms with Gasteiger partial charge in [-0.3, -0.25) is 4.90 Å². The topological polar surface area (TPSA) is 29.5 Å². The number of halogens is 1. The number of carbonyl (C=O) groups is 1. The molecule has 0 radical (unpaired) electrons. The number of allylic oxidation sites excluding steroid dienone is 1. The Bertz CT molecular complexity index is 684. The van der Waals surface area contributed by atoms with Crippen molar-refractivity contribution < 1.29 is 13.9 Å². The molecule has 3 rings (SSSR count). The van der Waals surface area contributed by atoms with Gasteiger partial charge in [0.15, 0.2) is 0 Å². The molecule has 1 heterocycles. The Hall–Kier alpha value is -2.62. The van der Waals surface area contributed by atoms with E-state index in [0.29, 0.717) is 24.3 Å². The van der Waals surface area contributed by atoms with Gasteiger partial charge in [0.1, 0.15) is 11.6 Å². The second-order valence-corrected chi connectivity index (χ2v) is 5.17. The average Bonchev–Trinajstić information content (AvgIpc) is 2.56. The van der Waals surface area contributed by atoms with Crippen molar-refractivity contribution in [1.29, 1.82) is 0 Å². The number of nitrogens with zero attached hydrogens (tertiary/aromatic N) is 1. The summed E-state index contributed by atoms with van der Waals surface area (Å²) in [6, 6.07) is 15.6. The van der Waals surface area contributed by atoms with Gasteiger partial charge in [-0.2, -0.15) is 0 Å². The number of para-hydroxylation sites is 1. The number of amides is 1. The molecule has 112 valence electrons. The van der Waals surface area contributed by atoms with Gasteiger partial charge in [0.25, 0.3) is 0 Å². The lowest BCUT2D eigenvalue weighted by Crippen LogP contribution is -2.34. The molecule has 1 amide bonds. The van der Waals surface area contributed by atoms with Gasteiger partial charge >= 0.3 is 6.09 Å². The molecule has 22 heavy (non-hydrogen) atoms. The summed E-state index contributed by atoms with van der Waals surface area (Å²) in [5, 5.41) is 0. The fraction of sp³-hybridized carbons (Fsp3) is 0.167. The minimum absolute atomic E-state index is 0.0606. The first kappa shape index (κ1) is 14.3. The molecule has 0 unspecified atom stereocenters. The molecule has 0 aliphatic carbocycles. The largest absolute Gasteiger partial charge is 0.419 e. The lowest BCUT2D eigenvalue weighted by molar-refractivity contribution is 0.165. The van der Waals surface area contributed by atoms with Crippen LogP contribution < -0.4 is 4.74 Å². The van der Waals surface area contributed by atoms with Gasteiger partial charge in [-0.1, -0.05) is 42.5 Å². The van der Waals surface area contributed by atoms with Crippen molar-refractivity contribution in [1.82, 2.24) is 4.90 Å². The second-order valence-electron chi connectivity index (χ2n) is 5.17. The molecule has 0 aromatic heterocycles. The van der Waals surface area contributed by atoms with Crippen LogP contribution in [0.2, 0.25) is 0 Å². The van der Waals surface area contributed by atoms with E-state index in [1.165, 1.54) is 11.0 Å². The summed E-state index contributed by atoms with van der Waals surface area (Å²) in [4.78, 5) is 13.7. The van der Waals surface area contributed by atoms with E-state index >= 15 is 0 Å². The van der Waals surface area contributed by atoms with Crippen LogP contribution in [-0.2, 0) is 0 Å². The minimum atomic E-state index is -0.455. The van der Waals surface area contributed by atoms with Crippen molar-refractivity contribution in [3.8, 4) is 5.75 Å². The molecule has 4 heteroatoms. The Morgan fingerprint density at radius 2 is 1.82 bits per heavy atom. The molecule has 0 N–H and O–H groups in total. The van der Waals surface area contributed by atoms with Crippen LogP contribution >= 0.6 is 0 Å². The number of hydrogen-bond acceptors (Lipinski definition) is 2. The zero-order valence-electron chi connectivity index (χ0n) is 12.0. The van der Waals surface area contributed by atoms with Gasteiger partial charge in [0, 0.05) is 18.7 Å². The first-order valence-corrected chi connectivity index (χ1v) is 7.18. The van der Waals surface area contributed by atoms with Gasteiger partial charge in [-0.15, -0.1) is 0 Å². The molecule has 2 aromatic rings. The van der Waals surface area contributed by atoms with E-state index in [-0.39, 0.29) is 11.7 Å². The highest BCUT2D eigenvalue weighted by atomic mass is 19.1. The van der Waals surface area contributed by atoms with Crippen LogP contribution in [0.5, 0.6) is 5.75 Å². The van der Waals surface area contributed by atoms with Crippen molar-refractivity contribution >= 4 is 6.09 Å². The molecule has 1 aliphatic heterocycles. The third-order valence-corrected chi connectivity index (χ3v) is 3.65. The predicted octanol–water partition coefficient (Wildman–Crippen LogP) is 4.33. The number of ether oxygens (including phenoxy) is 1. The van der Waals surface area contributed by atoms with Crippen molar-refractivity contribution in [2.45, 2.75) is 12.3 Å². The fourth-order valence-electron chi connectivity index (χ4n) is 2.54. The standard InChI is InChI=1S/C18H16FNO2/c19-17-11-5-4-10-16(17)14-7-6-12-20(13-14)18(21)22-15-8-2-1-3-9-15/h1-6,8-12,14H,7,13H2/t14-/m1/s1. The van der Waals surface area contributed by atoms with Gasteiger partial charge in [0.2, 0.25) is 0 Å². The summed E-state index contributed by atoms with van der Waals surface area (Å²) in [5.41, 5.74) is 0.629. The normalized spacial score (nSPS) is 17.3. The van der Waals surface area contributed by atoms with E-state index < -0.39 is 6.09 Å². The number of hydrogen-bond donors (Lipinski definition) is 0. The van der Waals surface area contributed by atoms with E-state index in [1.807, 2.05) is 18.2 Å². The summed E-state index contributed by atoms with van der Waals surface area (Å²) in [7, 11) is 0. The third kappa shape index (κ3) is 3.17. The summed E-state index contributed by atoms with van der Waals surface area (Å²) < 4.78 is 19.2. The van der Waals surface area contributed by atoms with Crippen molar-refractivity contribution in [2.75, 3.05) is 6.54 Å². The maximum absolute atomic E-state index is 13.9. The number of carbonyl (C=O) groups excluding carboxylic acids is 1. The molecule has 0 saturated heterocycles. The smallest absolute Gasteiger partial charge is 0.410 e. The Kier molecular flexibility index (Phi) is 4.19. The van der Waals surface area contributed by atoms with E-state index in [2.05, 4.69) is 0 Å². The third-order valence-electron chi connectivity index (χ3n) is 3.65. The number of rotatable bonds is 2. The molecule has 0 fully saturated rings. The maximum atomic E-state index is 13.9. The number of benzene rings is 2. The van der Waals surface area contributed by atoms with Gasteiger partial charge in [-0.05, 0) is 30.2 Å². The Morgan fingerprint density at radius 3 is 2.59 bits per heavy atom. The molecule has 2 aromatic carbocycles. The summed E-state index contributed by atoms with van der Waals surface area (Å²) in [5.74, 6) is 0.197. The molecule has 3 nitrogen and oxygen atoms in total. The van der Waals surface area contributed by atoms with E-state index in [0.717, 1.165) is 0 Å². The van der Waals surface area contributed by atoms with Crippen molar-refractivity contribution in [3.05, 3.63) is 78.3 Å². The predicted molar refractivity (Wildman–Crippen MR) is 82.1 cm³/mol. The van der Waals surface area contributed by atoms with Crippen LogP contribution in [-0.4, -0.2) is 17.5 Å². The lowest BCUT2D eigenvalue weighted by atomic mass is 9.93. The summed E-state index contributed by atoms with van der Waals surface area (Å²) >= 11 is 0. The monoisotopic (exact) mass is 297 g/mol. The average molecular weight is 297 g/mol. The Balaban J connectivity index is 1.71. The van der Waals surface area contributed by atoms with E-state index in [9.17, 15) is 9.18 Å². The van der Waals surface area contributed by atoms with Crippen LogP contribution in [0.15, 0.2) is 66.9 Å². The Morgan fingerprint density at radius 1 is 1.09 bits per heavy atom. The van der Waals surface area contributed by atoms with E-state index in [1.54, 1.807) is 42.6 Å².